The summed E-state index contributed by atoms with van der Waals surface area (Å²) in [5, 5.41) is 9.31. The first kappa shape index (κ1) is 15.1. The molecule has 3 atom stereocenters. The number of amides is 1. The van der Waals surface area contributed by atoms with E-state index in [9.17, 15) is 10.1 Å². The van der Waals surface area contributed by atoms with Crippen LogP contribution in [0.25, 0.3) is 0 Å². The van der Waals surface area contributed by atoms with Crippen LogP contribution >= 0.6 is 0 Å². The minimum atomic E-state index is -0.294. The molecule has 3 heteroatoms. The molecule has 0 aromatic carbocycles. The Morgan fingerprint density at radius 2 is 2.20 bits per heavy atom. The van der Waals surface area contributed by atoms with Crippen LogP contribution in [0.4, 0.5) is 0 Å². The van der Waals surface area contributed by atoms with E-state index in [1.54, 1.807) is 11.9 Å². The van der Waals surface area contributed by atoms with Gasteiger partial charge in [-0.15, -0.1) is 6.58 Å². The molecule has 109 valence electrons. The van der Waals surface area contributed by atoms with Gasteiger partial charge in [0.1, 0.15) is 6.04 Å². The normalized spacial score (nSPS) is 23.6. The topological polar surface area (TPSA) is 44.1 Å². The van der Waals surface area contributed by atoms with Crippen LogP contribution in [0.2, 0.25) is 0 Å². The Hall–Kier alpha value is -1.30. The summed E-state index contributed by atoms with van der Waals surface area (Å²) in [5.41, 5.74) is -0.0585. The molecule has 0 N–H and O–H groups in total. The summed E-state index contributed by atoms with van der Waals surface area (Å²) >= 11 is 0. The second kappa shape index (κ2) is 5.99. The first-order valence-corrected chi connectivity index (χ1v) is 7.67. The number of nitrogens with zero attached hydrogens (tertiary/aromatic N) is 2. The third-order valence-electron chi connectivity index (χ3n) is 5.23. The van der Waals surface area contributed by atoms with E-state index in [1.807, 2.05) is 13.0 Å². The molecule has 2 rings (SSSR count). The fourth-order valence-electron chi connectivity index (χ4n) is 3.42. The van der Waals surface area contributed by atoms with Crippen LogP contribution in [0.5, 0.6) is 0 Å². The number of rotatable bonds is 6. The first-order valence-electron chi connectivity index (χ1n) is 7.67. The molecule has 0 aliphatic heterocycles. The van der Waals surface area contributed by atoms with Crippen molar-refractivity contribution in [2.24, 2.45) is 17.3 Å². The van der Waals surface area contributed by atoms with Gasteiger partial charge in [0.25, 0.3) is 0 Å². The van der Waals surface area contributed by atoms with Crippen LogP contribution in [0.15, 0.2) is 12.7 Å². The number of hydrogen-bond donors (Lipinski definition) is 0. The monoisotopic (exact) mass is 273 g/mol. The highest BCUT2D eigenvalue weighted by molar-refractivity contribution is 5.80. The Kier molecular flexibility index (Phi) is 4.52. The molecule has 20 heavy (non-hydrogen) atoms. The van der Waals surface area contributed by atoms with Crippen molar-refractivity contribution in [1.82, 2.24) is 4.90 Å². The molecule has 0 heterocycles. The van der Waals surface area contributed by atoms with E-state index in [1.165, 1.54) is 12.8 Å². The number of carbonyl (C=O) groups is 1. The second-order valence-corrected chi connectivity index (χ2v) is 6.43. The van der Waals surface area contributed by atoms with Crippen molar-refractivity contribution in [1.29, 1.82) is 5.26 Å². The molecule has 2 unspecified atom stereocenters. The zero-order valence-electron chi connectivity index (χ0n) is 12.6. The van der Waals surface area contributed by atoms with Gasteiger partial charge >= 0.3 is 0 Å². The smallest absolute Gasteiger partial charge is 0.227 e. The maximum Gasteiger partial charge on any atom is 0.227 e. The summed E-state index contributed by atoms with van der Waals surface area (Å²) < 4.78 is 0. The summed E-state index contributed by atoms with van der Waals surface area (Å²) in [6.45, 7) is 5.96. The molecule has 0 saturated heterocycles. The first-order chi connectivity index (χ1) is 9.54. The molecule has 2 aliphatic carbocycles. The fourth-order valence-corrected chi connectivity index (χ4v) is 3.42. The number of hydrogen-bond acceptors (Lipinski definition) is 2. The van der Waals surface area contributed by atoms with Crippen molar-refractivity contribution >= 4 is 5.91 Å². The third kappa shape index (κ3) is 2.90. The zero-order valence-corrected chi connectivity index (χ0v) is 12.6. The highest BCUT2D eigenvalue weighted by atomic mass is 16.2. The van der Waals surface area contributed by atoms with Gasteiger partial charge in [-0.2, -0.15) is 5.26 Å². The van der Waals surface area contributed by atoms with E-state index < -0.39 is 0 Å². The standard InChI is InChI=1S/C17H25N2O/c1-4-17(9-5-6-10-17)13(2)16(20)19(3)15(12-18)11-14-7-8-14/h4,7,13-15H,1,5-6,8-11H2,2-3H3/t13-,14?,15?/m1/s1. The molecule has 1 amide bonds. The second-order valence-electron chi connectivity index (χ2n) is 6.43. The van der Waals surface area contributed by atoms with Crippen molar-refractivity contribution < 1.29 is 4.79 Å². The van der Waals surface area contributed by atoms with Crippen LogP contribution in [0.3, 0.4) is 0 Å². The number of carbonyl (C=O) groups excluding carboxylic acids is 1. The van der Waals surface area contributed by atoms with Crippen molar-refractivity contribution in [3.8, 4) is 6.07 Å². The summed E-state index contributed by atoms with van der Waals surface area (Å²) in [7, 11) is 1.78. The lowest BCUT2D eigenvalue weighted by Crippen LogP contribution is -2.44. The predicted molar refractivity (Wildman–Crippen MR) is 79.5 cm³/mol. The maximum absolute atomic E-state index is 12.7. The average Bonchev–Trinajstić information content (AvgIpc) is 3.16. The molecule has 2 saturated carbocycles. The number of nitriles is 1. The minimum absolute atomic E-state index is 0.0585. The van der Waals surface area contributed by atoms with Crippen LogP contribution in [-0.2, 0) is 4.79 Å². The van der Waals surface area contributed by atoms with E-state index >= 15 is 0 Å². The summed E-state index contributed by atoms with van der Waals surface area (Å²) in [4.78, 5) is 14.4. The van der Waals surface area contributed by atoms with E-state index in [4.69, 9.17) is 0 Å². The average molecular weight is 273 g/mol. The van der Waals surface area contributed by atoms with Gasteiger partial charge in [0.05, 0.1) is 6.07 Å². The Bertz CT molecular complexity index is 413. The predicted octanol–water partition coefficient (Wildman–Crippen LogP) is 3.33. The Morgan fingerprint density at radius 1 is 1.60 bits per heavy atom. The van der Waals surface area contributed by atoms with Gasteiger partial charge in [-0.1, -0.05) is 25.8 Å². The van der Waals surface area contributed by atoms with E-state index in [0.717, 1.165) is 25.7 Å². The lowest BCUT2D eigenvalue weighted by Gasteiger charge is -2.35. The Morgan fingerprint density at radius 3 is 2.65 bits per heavy atom. The van der Waals surface area contributed by atoms with Gasteiger partial charge in [-0.3, -0.25) is 4.79 Å². The fraction of sp³-hybridized carbons (Fsp3) is 0.706. The van der Waals surface area contributed by atoms with Crippen LogP contribution < -0.4 is 0 Å². The molecule has 2 fully saturated rings. The molecule has 0 spiro atoms. The lowest BCUT2D eigenvalue weighted by molar-refractivity contribution is -0.138. The molecular weight excluding hydrogens is 248 g/mol. The number of allylic oxidation sites excluding steroid dienone is 1. The van der Waals surface area contributed by atoms with Crippen LogP contribution in [-0.4, -0.2) is 23.9 Å². The minimum Gasteiger partial charge on any atom is -0.329 e. The van der Waals surface area contributed by atoms with Crippen LogP contribution in [0.1, 0.15) is 45.4 Å². The molecule has 3 nitrogen and oxygen atoms in total. The van der Waals surface area contributed by atoms with Crippen molar-refractivity contribution in [3.63, 3.8) is 0 Å². The Labute approximate surface area is 122 Å². The molecule has 0 bridgehead atoms. The van der Waals surface area contributed by atoms with Crippen molar-refractivity contribution in [2.45, 2.75) is 51.5 Å². The van der Waals surface area contributed by atoms with Gasteiger partial charge in [0.15, 0.2) is 0 Å². The molecule has 0 aromatic heterocycles. The zero-order chi connectivity index (χ0) is 14.8. The summed E-state index contributed by atoms with van der Waals surface area (Å²) in [5.74, 6) is 0.551. The Balaban J connectivity index is 2.04. The van der Waals surface area contributed by atoms with Gasteiger partial charge < -0.3 is 4.90 Å². The van der Waals surface area contributed by atoms with Crippen molar-refractivity contribution in [3.05, 3.63) is 19.1 Å². The SMILES string of the molecule is C=CC1([C@H](C)C(=O)N(C)C(C#N)CC2[CH]C2)CCCC1. The van der Waals surface area contributed by atoms with Gasteiger partial charge in [-0.05, 0) is 43.4 Å². The largest absolute Gasteiger partial charge is 0.329 e. The van der Waals surface area contributed by atoms with Crippen LogP contribution in [0, 0.1) is 35.0 Å². The van der Waals surface area contributed by atoms with Crippen molar-refractivity contribution in [2.75, 3.05) is 7.05 Å². The van der Waals surface area contributed by atoms with E-state index in [-0.39, 0.29) is 23.3 Å². The molecule has 2 aliphatic rings. The van der Waals surface area contributed by atoms with Gasteiger partial charge in [0, 0.05) is 13.0 Å². The van der Waals surface area contributed by atoms with E-state index in [2.05, 4.69) is 19.1 Å². The quantitative estimate of drug-likeness (QED) is 0.697. The summed E-state index contributed by atoms with van der Waals surface area (Å²) in [6.07, 6.45) is 10.5. The van der Waals surface area contributed by atoms with E-state index in [0.29, 0.717) is 5.92 Å². The highest BCUT2D eigenvalue weighted by Crippen LogP contribution is 2.46. The van der Waals surface area contributed by atoms with Gasteiger partial charge in [-0.25, -0.2) is 0 Å². The molecule has 1 radical (unpaired) electrons. The lowest BCUT2D eigenvalue weighted by atomic mass is 9.74. The highest BCUT2D eigenvalue weighted by Gasteiger charge is 2.42. The third-order valence-corrected chi connectivity index (χ3v) is 5.23. The maximum atomic E-state index is 12.7. The molecule has 0 aromatic rings. The van der Waals surface area contributed by atoms with Gasteiger partial charge in [0.2, 0.25) is 5.91 Å². The molecular formula is C17H25N2O. The summed E-state index contributed by atoms with van der Waals surface area (Å²) in [6, 6.07) is 1.99.